The summed E-state index contributed by atoms with van der Waals surface area (Å²) in [5.74, 6) is -2.27. The second-order valence-corrected chi connectivity index (χ2v) is 3.73. The molecule has 6 nitrogen and oxygen atoms in total. The topological polar surface area (TPSA) is 90.7 Å². The molecule has 0 aliphatic rings. The lowest BCUT2D eigenvalue weighted by Crippen LogP contribution is -2.39. The average molecular weight is 238 g/mol. The third-order valence-electron chi connectivity index (χ3n) is 2.34. The molecule has 17 heavy (non-hydrogen) atoms. The summed E-state index contributed by atoms with van der Waals surface area (Å²) in [4.78, 5) is 26.9. The molecule has 1 aromatic rings. The van der Waals surface area contributed by atoms with Crippen molar-refractivity contribution >= 4 is 11.9 Å². The van der Waals surface area contributed by atoms with E-state index >= 15 is 0 Å². The van der Waals surface area contributed by atoms with Gasteiger partial charge in [-0.25, -0.2) is 0 Å². The summed E-state index contributed by atoms with van der Waals surface area (Å²) in [5, 5.41) is 17.6. The lowest BCUT2D eigenvalue weighted by molar-refractivity contribution is -0.149. The standard InChI is InChI=1S/C11H14N2O4/c1-13(7-8-3-2-4-12-6-8)9(11(16)17)5-10(14)15/h2-4,6,9H,5,7H2,1H3,(H,14,15)(H,16,17). The van der Waals surface area contributed by atoms with Crippen LogP contribution in [0.4, 0.5) is 0 Å². The number of aliphatic carboxylic acids is 2. The third-order valence-corrected chi connectivity index (χ3v) is 2.34. The van der Waals surface area contributed by atoms with Gasteiger partial charge in [-0.1, -0.05) is 6.07 Å². The molecule has 6 heteroatoms. The van der Waals surface area contributed by atoms with Crippen molar-refractivity contribution in [3.63, 3.8) is 0 Å². The number of carboxylic acids is 2. The van der Waals surface area contributed by atoms with Crippen molar-refractivity contribution in [1.29, 1.82) is 0 Å². The summed E-state index contributed by atoms with van der Waals surface area (Å²) in [7, 11) is 1.58. The lowest BCUT2D eigenvalue weighted by Gasteiger charge is -2.23. The second kappa shape index (κ2) is 5.95. The van der Waals surface area contributed by atoms with Gasteiger partial charge in [0.1, 0.15) is 6.04 Å². The number of likely N-dealkylation sites (N-methyl/N-ethyl adjacent to an activating group) is 1. The van der Waals surface area contributed by atoms with E-state index in [1.54, 1.807) is 25.5 Å². The Hall–Kier alpha value is -1.95. The number of hydrogen-bond donors (Lipinski definition) is 2. The maximum atomic E-state index is 10.9. The Morgan fingerprint density at radius 2 is 2.18 bits per heavy atom. The molecule has 1 aromatic heterocycles. The Kier molecular flexibility index (Phi) is 4.59. The Balaban J connectivity index is 2.68. The van der Waals surface area contributed by atoms with E-state index in [0.717, 1.165) is 5.56 Å². The summed E-state index contributed by atoms with van der Waals surface area (Å²) in [5.41, 5.74) is 0.839. The Labute approximate surface area is 98.5 Å². The highest BCUT2D eigenvalue weighted by Crippen LogP contribution is 2.08. The minimum absolute atomic E-state index is 0.345. The highest BCUT2D eigenvalue weighted by Gasteiger charge is 2.25. The molecule has 1 rings (SSSR count). The van der Waals surface area contributed by atoms with E-state index in [1.807, 2.05) is 6.07 Å². The smallest absolute Gasteiger partial charge is 0.321 e. The summed E-state index contributed by atoms with van der Waals surface area (Å²) in [6.07, 6.45) is 2.82. The normalized spacial score (nSPS) is 12.4. The van der Waals surface area contributed by atoms with Crippen LogP contribution in [-0.2, 0) is 16.1 Å². The summed E-state index contributed by atoms with van der Waals surface area (Å²) >= 11 is 0. The van der Waals surface area contributed by atoms with E-state index in [4.69, 9.17) is 10.2 Å². The van der Waals surface area contributed by atoms with E-state index < -0.39 is 24.4 Å². The molecule has 2 N–H and O–H groups in total. The molecule has 92 valence electrons. The van der Waals surface area contributed by atoms with Crippen LogP contribution in [0, 0.1) is 0 Å². The van der Waals surface area contributed by atoms with Crippen LogP contribution in [0.25, 0.3) is 0 Å². The van der Waals surface area contributed by atoms with E-state index in [1.165, 1.54) is 4.90 Å². The van der Waals surface area contributed by atoms with Gasteiger partial charge in [0, 0.05) is 18.9 Å². The Bertz CT molecular complexity index is 394. The molecule has 0 aliphatic heterocycles. The van der Waals surface area contributed by atoms with E-state index in [9.17, 15) is 9.59 Å². The van der Waals surface area contributed by atoms with Crippen LogP contribution in [0.2, 0.25) is 0 Å². The van der Waals surface area contributed by atoms with Crippen molar-refractivity contribution in [3.8, 4) is 0 Å². The number of rotatable bonds is 6. The van der Waals surface area contributed by atoms with Gasteiger partial charge in [-0.05, 0) is 18.7 Å². The first kappa shape index (κ1) is 13.1. The SMILES string of the molecule is CN(Cc1cccnc1)C(CC(=O)O)C(=O)O. The molecule has 1 heterocycles. The van der Waals surface area contributed by atoms with E-state index in [2.05, 4.69) is 4.98 Å². The van der Waals surface area contributed by atoms with E-state index in [0.29, 0.717) is 6.54 Å². The van der Waals surface area contributed by atoms with Crippen LogP contribution in [0.15, 0.2) is 24.5 Å². The van der Waals surface area contributed by atoms with Gasteiger partial charge in [0.25, 0.3) is 0 Å². The molecule has 0 spiro atoms. The molecule has 0 aromatic carbocycles. The molecule has 0 aliphatic carbocycles. The van der Waals surface area contributed by atoms with Gasteiger partial charge < -0.3 is 10.2 Å². The van der Waals surface area contributed by atoms with Gasteiger partial charge in [-0.3, -0.25) is 19.5 Å². The van der Waals surface area contributed by atoms with Crippen LogP contribution < -0.4 is 0 Å². The fourth-order valence-corrected chi connectivity index (χ4v) is 1.49. The van der Waals surface area contributed by atoms with Gasteiger partial charge in [-0.2, -0.15) is 0 Å². The predicted molar refractivity (Wildman–Crippen MR) is 59.4 cm³/mol. The molecule has 1 atom stereocenters. The molecule has 0 radical (unpaired) electrons. The van der Waals surface area contributed by atoms with Crippen molar-refractivity contribution in [1.82, 2.24) is 9.88 Å². The summed E-state index contributed by atoms with van der Waals surface area (Å²) in [6.45, 7) is 0.345. The van der Waals surface area contributed by atoms with Crippen LogP contribution in [0.5, 0.6) is 0 Å². The quantitative estimate of drug-likeness (QED) is 0.747. The molecule has 0 fully saturated rings. The number of carboxylic acid groups (broad SMARTS) is 2. The third kappa shape index (κ3) is 4.20. The average Bonchev–Trinajstić information content (AvgIpc) is 2.26. The zero-order chi connectivity index (χ0) is 12.8. The zero-order valence-electron chi connectivity index (χ0n) is 9.41. The van der Waals surface area contributed by atoms with Gasteiger partial charge in [0.2, 0.25) is 0 Å². The molecule has 0 saturated carbocycles. The fourth-order valence-electron chi connectivity index (χ4n) is 1.49. The van der Waals surface area contributed by atoms with Crippen LogP contribution >= 0.6 is 0 Å². The van der Waals surface area contributed by atoms with Crippen molar-refractivity contribution < 1.29 is 19.8 Å². The molecule has 0 bridgehead atoms. The number of nitrogens with zero attached hydrogens (tertiary/aromatic N) is 2. The molecule has 0 amide bonds. The molecular formula is C11H14N2O4. The summed E-state index contributed by atoms with van der Waals surface area (Å²) in [6, 6.07) is 2.52. The number of pyridine rings is 1. The maximum absolute atomic E-state index is 10.9. The predicted octanol–water partition coefficient (Wildman–Crippen LogP) is 0.441. The van der Waals surface area contributed by atoms with Gasteiger partial charge in [0.15, 0.2) is 0 Å². The monoisotopic (exact) mass is 238 g/mol. The first-order chi connectivity index (χ1) is 8.00. The number of hydrogen-bond acceptors (Lipinski definition) is 4. The largest absolute Gasteiger partial charge is 0.481 e. The van der Waals surface area contributed by atoms with Crippen LogP contribution in [0.3, 0.4) is 0 Å². The highest BCUT2D eigenvalue weighted by atomic mass is 16.4. The van der Waals surface area contributed by atoms with Gasteiger partial charge >= 0.3 is 11.9 Å². The van der Waals surface area contributed by atoms with Crippen molar-refractivity contribution in [2.75, 3.05) is 7.05 Å². The number of carbonyl (C=O) groups is 2. The zero-order valence-corrected chi connectivity index (χ0v) is 9.41. The minimum Gasteiger partial charge on any atom is -0.481 e. The van der Waals surface area contributed by atoms with Crippen molar-refractivity contribution in [3.05, 3.63) is 30.1 Å². The van der Waals surface area contributed by atoms with Crippen molar-refractivity contribution in [2.45, 2.75) is 19.0 Å². The van der Waals surface area contributed by atoms with Crippen molar-refractivity contribution in [2.24, 2.45) is 0 Å². The van der Waals surface area contributed by atoms with Crippen LogP contribution in [0.1, 0.15) is 12.0 Å². The minimum atomic E-state index is -1.14. The number of aromatic nitrogens is 1. The summed E-state index contributed by atoms with van der Waals surface area (Å²) < 4.78 is 0. The lowest BCUT2D eigenvalue weighted by atomic mass is 10.1. The molecule has 1 unspecified atom stereocenters. The highest BCUT2D eigenvalue weighted by molar-refractivity contribution is 5.80. The first-order valence-corrected chi connectivity index (χ1v) is 5.04. The first-order valence-electron chi connectivity index (χ1n) is 5.04. The Morgan fingerprint density at radius 1 is 1.47 bits per heavy atom. The van der Waals surface area contributed by atoms with Crippen LogP contribution in [-0.4, -0.2) is 45.1 Å². The van der Waals surface area contributed by atoms with Gasteiger partial charge in [-0.15, -0.1) is 0 Å². The van der Waals surface area contributed by atoms with Gasteiger partial charge in [0.05, 0.1) is 6.42 Å². The maximum Gasteiger partial charge on any atom is 0.321 e. The van der Waals surface area contributed by atoms with E-state index in [-0.39, 0.29) is 0 Å². The Morgan fingerprint density at radius 3 is 2.65 bits per heavy atom. The molecule has 0 saturated heterocycles. The second-order valence-electron chi connectivity index (χ2n) is 3.73. The fraction of sp³-hybridized carbons (Fsp3) is 0.364. The molecular weight excluding hydrogens is 224 g/mol.